The van der Waals surface area contributed by atoms with E-state index in [9.17, 15) is 9.59 Å². The number of halogens is 4. The highest BCUT2D eigenvalue weighted by Gasteiger charge is 2.12. The Balaban J connectivity index is 1.79. The van der Waals surface area contributed by atoms with Crippen LogP contribution in [0.2, 0.25) is 15.1 Å². The lowest BCUT2D eigenvalue weighted by Crippen LogP contribution is -2.49. The molecule has 2 rings (SSSR count). The molecule has 2 aromatic rings. The zero-order valence-electron chi connectivity index (χ0n) is 13.3. The summed E-state index contributed by atoms with van der Waals surface area (Å²) in [6, 6.07) is 9.39. The second kappa shape index (κ2) is 10.1. The highest BCUT2D eigenvalue weighted by molar-refractivity contribution is 9.10. The molecule has 0 aliphatic carbocycles. The zero-order valence-corrected chi connectivity index (χ0v) is 18.0. The van der Waals surface area contributed by atoms with Gasteiger partial charge in [-0.2, -0.15) is 0 Å². The molecule has 2 amide bonds. The summed E-state index contributed by atoms with van der Waals surface area (Å²) in [7, 11) is 0. The highest BCUT2D eigenvalue weighted by Crippen LogP contribution is 2.27. The van der Waals surface area contributed by atoms with Crippen molar-refractivity contribution in [3.05, 3.63) is 61.5 Å². The quantitative estimate of drug-likeness (QED) is 0.425. The average Bonchev–Trinajstić information content (AvgIpc) is 2.59. The maximum Gasteiger partial charge on any atom is 0.271 e. The summed E-state index contributed by atoms with van der Waals surface area (Å²) < 4.78 is 6.09. The van der Waals surface area contributed by atoms with E-state index in [1.165, 1.54) is 18.2 Å². The van der Waals surface area contributed by atoms with Gasteiger partial charge in [0.15, 0.2) is 11.7 Å². The molecule has 11 heteroatoms. The van der Waals surface area contributed by atoms with Crippen molar-refractivity contribution in [1.29, 1.82) is 0 Å². The summed E-state index contributed by atoms with van der Waals surface area (Å²) in [5.74, 6) is -0.740. The molecule has 3 N–H and O–H groups in total. The van der Waals surface area contributed by atoms with Crippen LogP contribution in [0.15, 0.2) is 40.9 Å². The number of benzene rings is 2. The Labute approximate surface area is 183 Å². The predicted octanol–water partition coefficient (Wildman–Crippen LogP) is 4.12. The van der Waals surface area contributed by atoms with Gasteiger partial charge in [-0.15, -0.1) is 0 Å². The van der Waals surface area contributed by atoms with Crippen LogP contribution < -0.4 is 20.9 Å². The van der Waals surface area contributed by atoms with Crippen LogP contribution in [0, 0.1) is 0 Å². The van der Waals surface area contributed by atoms with E-state index in [0.717, 1.165) is 4.47 Å². The third-order valence-corrected chi connectivity index (χ3v) is 4.51. The SMILES string of the molecule is O=C(COc1ccc(Br)cc1Cl)NC(=S)NNC(=O)c1ccc(Cl)cc1Cl. The molecule has 0 unspecified atom stereocenters. The third-order valence-electron chi connectivity index (χ3n) is 2.97. The molecule has 0 aliphatic heterocycles. The molecule has 0 saturated carbocycles. The molecule has 142 valence electrons. The van der Waals surface area contributed by atoms with Gasteiger partial charge in [0.1, 0.15) is 5.75 Å². The Morgan fingerprint density at radius 1 is 1.04 bits per heavy atom. The number of carbonyl (C=O) groups excluding carboxylic acids is 2. The van der Waals surface area contributed by atoms with Crippen LogP contribution in [-0.4, -0.2) is 23.5 Å². The normalized spacial score (nSPS) is 10.1. The fraction of sp³-hybridized carbons (Fsp3) is 0.0625. The van der Waals surface area contributed by atoms with Crippen molar-refractivity contribution in [2.24, 2.45) is 0 Å². The van der Waals surface area contributed by atoms with Gasteiger partial charge in [-0.1, -0.05) is 50.7 Å². The van der Waals surface area contributed by atoms with Crippen molar-refractivity contribution in [2.45, 2.75) is 0 Å². The predicted molar refractivity (Wildman–Crippen MR) is 112 cm³/mol. The number of hydrogen-bond acceptors (Lipinski definition) is 4. The van der Waals surface area contributed by atoms with Crippen LogP contribution in [0.1, 0.15) is 10.4 Å². The minimum atomic E-state index is -0.550. The lowest BCUT2D eigenvalue weighted by atomic mass is 10.2. The third kappa shape index (κ3) is 6.82. The molecule has 2 aromatic carbocycles. The van der Waals surface area contributed by atoms with Gasteiger partial charge in [-0.3, -0.25) is 25.8 Å². The molecular weight excluding hydrogens is 501 g/mol. The molecule has 0 spiro atoms. The second-order valence-corrected chi connectivity index (χ2v) is 7.52. The summed E-state index contributed by atoms with van der Waals surface area (Å²) >= 11 is 25.9. The van der Waals surface area contributed by atoms with Gasteiger partial charge in [0.25, 0.3) is 11.8 Å². The van der Waals surface area contributed by atoms with Gasteiger partial charge in [-0.05, 0) is 48.6 Å². The molecule has 0 atom stereocenters. The maximum absolute atomic E-state index is 12.0. The van der Waals surface area contributed by atoms with E-state index in [1.807, 2.05) is 0 Å². The van der Waals surface area contributed by atoms with Crippen molar-refractivity contribution in [2.75, 3.05) is 6.61 Å². The van der Waals surface area contributed by atoms with E-state index < -0.39 is 11.8 Å². The first-order valence-electron chi connectivity index (χ1n) is 7.19. The van der Waals surface area contributed by atoms with Gasteiger partial charge in [0.2, 0.25) is 0 Å². The minimum Gasteiger partial charge on any atom is -0.482 e. The van der Waals surface area contributed by atoms with Crippen LogP contribution in [0.3, 0.4) is 0 Å². The molecule has 27 heavy (non-hydrogen) atoms. The standard InChI is InChI=1S/C16H11BrCl3N3O3S/c17-8-1-4-13(12(20)5-8)26-7-14(24)21-16(27)23-22-15(25)10-3-2-9(18)6-11(10)19/h1-6H,7H2,(H,22,25)(H2,21,23,24,27). The van der Waals surface area contributed by atoms with E-state index in [1.54, 1.807) is 18.2 Å². The molecule has 0 bridgehead atoms. The van der Waals surface area contributed by atoms with Gasteiger partial charge < -0.3 is 4.74 Å². The number of hydrogen-bond donors (Lipinski definition) is 3. The number of hydrazine groups is 1. The van der Waals surface area contributed by atoms with Crippen molar-refractivity contribution < 1.29 is 14.3 Å². The van der Waals surface area contributed by atoms with Crippen LogP contribution in [-0.2, 0) is 4.79 Å². The first-order chi connectivity index (χ1) is 12.8. The molecule has 0 aliphatic rings. The molecule has 0 saturated heterocycles. The van der Waals surface area contributed by atoms with E-state index in [0.29, 0.717) is 15.8 Å². The summed E-state index contributed by atoms with van der Waals surface area (Å²) in [6.45, 7) is -0.319. The summed E-state index contributed by atoms with van der Waals surface area (Å²) in [5, 5.41) is 3.16. The van der Waals surface area contributed by atoms with Gasteiger partial charge >= 0.3 is 0 Å². The van der Waals surface area contributed by atoms with Crippen molar-refractivity contribution in [1.82, 2.24) is 16.2 Å². The maximum atomic E-state index is 12.0. The minimum absolute atomic E-state index is 0.121. The number of rotatable bonds is 4. The first kappa shape index (κ1) is 21.7. The molecule has 0 radical (unpaired) electrons. The Kier molecular flexibility index (Phi) is 8.12. The second-order valence-electron chi connectivity index (χ2n) is 4.94. The first-order valence-corrected chi connectivity index (χ1v) is 9.53. The monoisotopic (exact) mass is 509 g/mol. The fourth-order valence-electron chi connectivity index (χ4n) is 1.78. The lowest BCUT2D eigenvalue weighted by molar-refractivity contribution is -0.121. The summed E-state index contributed by atoms with van der Waals surface area (Å²) in [6.07, 6.45) is 0. The van der Waals surface area contributed by atoms with Crippen molar-refractivity contribution >= 4 is 79.9 Å². The summed E-state index contributed by atoms with van der Waals surface area (Å²) in [5.41, 5.74) is 4.90. The van der Waals surface area contributed by atoms with Crippen LogP contribution in [0.5, 0.6) is 5.75 Å². The van der Waals surface area contributed by atoms with Gasteiger partial charge in [-0.25, -0.2) is 0 Å². The smallest absolute Gasteiger partial charge is 0.271 e. The average molecular weight is 512 g/mol. The fourth-order valence-corrected chi connectivity index (χ4v) is 3.17. The molecular formula is C16H11BrCl3N3O3S. The van der Waals surface area contributed by atoms with Crippen LogP contribution in [0.4, 0.5) is 0 Å². The number of thiocarbonyl (C=S) groups is 1. The van der Waals surface area contributed by atoms with E-state index in [2.05, 4.69) is 32.1 Å². The largest absolute Gasteiger partial charge is 0.482 e. The Bertz CT molecular complexity index is 898. The van der Waals surface area contributed by atoms with Crippen LogP contribution >= 0.6 is 63.0 Å². The van der Waals surface area contributed by atoms with E-state index >= 15 is 0 Å². The molecule has 0 heterocycles. The van der Waals surface area contributed by atoms with E-state index in [4.69, 9.17) is 51.8 Å². The zero-order chi connectivity index (χ0) is 20.0. The van der Waals surface area contributed by atoms with Crippen LogP contribution in [0.25, 0.3) is 0 Å². The molecule has 0 fully saturated rings. The number of amides is 2. The molecule has 6 nitrogen and oxygen atoms in total. The molecule has 0 aromatic heterocycles. The van der Waals surface area contributed by atoms with Crippen molar-refractivity contribution in [3.63, 3.8) is 0 Å². The van der Waals surface area contributed by atoms with E-state index in [-0.39, 0.29) is 22.3 Å². The number of nitrogens with one attached hydrogen (secondary N) is 3. The Morgan fingerprint density at radius 3 is 2.44 bits per heavy atom. The number of carbonyl (C=O) groups is 2. The number of ether oxygens (including phenoxy) is 1. The van der Waals surface area contributed by atoms with Gasteiger partial charge in [0.05, 0.1) is 15.6 Å². The lowest BCUT2D eigenvalue weighted by Gasteiger charge is -2.12. The van der Waals surface area contributed by atoms with Gasteiger partial charge in [0, 0.05) is 9.50 Å². The Morgan fingerprint density at radius 2 is 1.78 bits per heavy atom. The Hall–Kier alpha value is -1.58. The van der Waals surface area contributed by atoms with Crippen molar-refractivity contribution in [3.8, 4) is 5.75 Å². The topological polar surface area (TPSA) is 79.5 Å². The highest BCUT2D eigenvalue weighted by atomic mass is 79.9. The summed E-state index contributed by atoms with van der Waals surface area (Å²) in [4.78, 5) is 23.9.